The van der Waals surface area contributed by atoms with Gasteiger partial charge in [0.15, 0.2) is 12.0 Å². The molecule has 0 amide bonds. The quantitative estimate of drug-likeness (QED) is 0.719. The highest BCUT2D eigenvalue weighted by Gasteiger charge is 2.21. The van der Waals surface area contributed by atoms with Crippen LogP contribution in [0, 0.1) is 0 Å². The number of hydrogen-bond donors (Lipinski definition) is 0. The Kier molecular flexibility index (Phi) is 3.00. The van der Waals surface area contributed by atoms with Gasteiger partial charge in [-0.15, -0.1) is 0 Å². The van der Waals surface area contributed by atoms with Crippen LogP contribution in [0.2, 0.25) is 0 Å². The van der Waals surface area contributed by atoms with Gasteiger partial charge < -0.3 is 0 Å². The third-order valence-electron chi connectivity index (χ3n) is 2.97. The summed E-state index contributed by atoms with van der Waals surface area (Å²) in [6.07, 6.45) is 2.55. The van der Waals surface area contributed by atoms with Gasteiger partial charge >= 0.3 is 0 Å². The summed E-state index contributed by atoms with van der Waals surface area (Å²) in [5.41, 5.74) is 1.11. The molecule has 0 aliphatic carbocycles. The van der Waals surface area contributed by atoms with Gasteiger partial charge in [0.05, 0.1) is 0 Å². The Labute approximate surface area is 95.5 Å². The van der Waals surface area contributed by atoms with Crippen molar-refractivity contribution in [2.24, 2.45) is 0 Å². The van der Waals surface area contributed by atoms with Crippen molar-refractivity contribution in [1.29, 1.82) is 0 Å². The first kappa shape index (κ1) is 10.8. The molecule has 1 aromatic carbocycles. The minimum absolute atomic E-state index is 0.0869. The number of nitrogens with zero attached hydrogens (tertiary/aromatic N) is 1. The van der Waals surface area contributed by atoms with E-state index in [1.54, 1.807) is 0 Å². The molecule has 2 rings (SSSR count). The van der Waals surface area contributed by atoms with E-state index in [9.17, 15) is 4.79 Å². The third-order valence-corrected chi connectivity index (χ3v) is 2.97. The van der Waals surface area contributed by atoms with E-state index >= 15 is 0 Å². The van der Waals surface area contributed by atoms with Crippen LogP contribution in [0.15, 0.2) is 42.6 Å². The fourth-order valence-electron chi connectivity index (χ4n) is 1.97. The molecule has 1 unspecified atom stereocenters. The highest BCUT2D eigenvalue weighted by Crippen LogP contribution is 2.11. The molecular formula is C14H16NO+. The molecule has 0 saturated carbocycles. The monoisotopic (exact) mass is 214 g/mol. The largest absolute Gasteiger partial charge is 0.292 e. The first-order chi connectivity index (χ1) is 7.74. The van der Waals surface area contributed by atoms with E-state index in [0.29, 0.717) is 6.42 Å². The van der Waals surface area contributed by atoms with Crippen LogP contribution in [0.4, 0.5) is 0 Å². The summed E-state index contributed by atoms with van der Waals surface area (Å²) >= 11 is 0. The van der Waals surface area contributed by atoms with E-state index in [1.165, 1.54) is 5.39 Å². The molecule has 1 heterocycles. The Morgan fingerprint density at radius 2 is 1.94 bits per heavy atom. The number of Topliss-reactive ketones (excluding diaryl/α,β-unsaturated/α-hetero) is 1. The van der Waals surface area contributed by atoms with Gasteiger partial charge in [-0.2, -0.15) is 4.57 Å². The summed E-state index contributed by atoms with van der Waals surface area (Å²) in [6.45, 7) is 3.86. The van der Waals surface area contributed by atoms with E-state index in [4.69, 9.17) is 0 Å². The van der Waals surface area contributed by atoms with E-state index in [0.717, 1.165) is 5.52 Å². The fourth-order valence-corrected chi connectivity index (χ4v) is 1.97. The van der Waals surface area contributed by atoms with Crippen molar-refractivity contribution in [3.63, 3.8) is 0 Å². The molecule has 0 aliphatic rings. The summed E-state index contributed by atoms with van der Waals surface area (Å²) in [7, 11) is 0. The molecule has 16 heavy (non-hydrogen) atoms. The maximum absolute atomic E-state index is 11.7. The van der Waals surface area contributed by atoms with Crippen LogP contribution in [-0.4, -0.2) is 5.78 Å². The third kappa shape index (κ3) is 1.83. The second-order valence-corrected chi connectivity index (χ2v) is 3.97. The molecule has 1 atom stereocenters. The SMILES string of the molecule is CCC(=O)C(C)[n+]1cccc2ccccc21. The zero-order valence-electron chi connectivity index (χ0n) is 9.68. The van der Waals surface area contributed by atoms with Crippen LogP contribution >= 0.6 is 0 Å². The lowest BCUT2D eigenvalue weighted by Crippen LogP contribution is -2.42. The topological polar surface area (TPSA) is 20.9 Å². The predicted octanol–water partition coefficient (Wildman–Crippen LogP) is 2.67. The Balaban J connectivity index is 2.56. The fraction of sp³-hybridized carbons (Fsp3) is 0.286. The van der Waals surface area contributed by atoms with Crippen molar-refractivity contribution in [3.05, 3.63) is 42.6 Å². The molecule has 2 heteroatoms. The Hall–Kier alpha value is -1.70. The molecule has 2 aromatic rings. The summed E-state index contributed by atoms with van der Waals surface area (Å²) in [6, 6.07) is 12.1. The van der Waals surface area contributed by atoms with E-state index in [2.05, 4.69) is 18.2 Å². The maximum Gasteiger partial charge on any atom is 0.213 e. The highest BCUT2D eigenvalue weighted by atomic mass is 16.1. The summed E-state index contributed by atoms with van der Waals surface area (Å²) in [4.78, 5) is 11.7. The smallest absolute Gasteiger partial charge is 0.213 e. The van der Waals surface area contributed by atoms with Crippen molar-refractivity contribution in [2.75, 3.05) is 0 Å². The number of carbonyl (C=O) groups is 1. The van der Waals surface area contributed by atoms with Crippen molar-refractivity contribution in [3.8, 4) is 0 Å². The summed E-state index contributed by atoms with van der Waals surface area (Å²) < 4.78 is 2.04. The molecule has 0 radical (unpaired) electrons. The minimum atomic E-state index is -0.0869. The van der Waals surface area contributed by atoms with Crippen molar-refractivity contribution in [2.45, 2.75) is 26.3 Å². The zero-order chi connectivity index (χ0) is 11.5. The van der Waals surface area contributed by atoms with Crippen LogP contribution in [0.3, 0.4) is 0 Å². The second-order valence-electron chi connectivity index (χ2n) is 3.97. The number of fused-ring (bicyclic) bond motifs is 1. The number of carbonyl (C=O) groups excluding carboxylic acids is 1. The molecule has 0 spiro atoms. The zero-order valence-corrected chi connectivity index (χ0v) is 9.68. The van der Waals surface area contributed by atoms with Crippen LogP contribution < -0.4 is 4.57 Å². The molecule has 82 valence electrons. The first-order valence-electron chi connectivity index (χ1n) is 5.65. The molecule has 0 aliphatic heterocycles. The van der Waals surface area contributed by atoms with Gasteiger partial charge in [-0.1, -0.05) is 19.1 Å². The van der Waals surface area contributed by atoms with Gasteiger partial charge in [0, 0.05) is 30.9 Å². The summed E-state index contributed by atoms with van der Waals surface area (Å²) in [5, 5.41) is 1.17. The lowest BCUT2D eigenvalue weighted by Gasteiger charge is -2.06. The number of pyridine rings is 1. The molecule has 0 N–H and O–H groups in total. The number of hydrogen-bond acceptors (Lipinski definition) is 1. The molecular weight excluding hydrogens is 198 g/mol. The lowest BCUT2D eigenvalue weighted by atomic mass is 10.1. The highest BCUT2D eigenvalue weighted by molar-refractivity contribution is 5.81. The minimum Gasteiger partial charge on any atom is -0.292 e. The lowest BCUT2D eigenvalue weighted by molar-refractivity contribution is -0.680. The Bertz CT molecular complexity index is 514. The van der Waals surface area contributed by atoms with Gasteiger partial charge in [0.25, 0.3) is 0 Å². The number of aromatic nitrogens is 1. The molecule has 1 aromatic heterocycles. The van der Waals surface area contributed by atoms with Gasteiger partial charge in [0.2, 0.25) is 11.6 Å². The number of ketones is 1. The van der Waals surface area contributed by atoms with Crippen molar-refractivity contribution < 1.29 is 9.36 Å². The van der Waals surface area contributed by atoms with E-state index in [1.807, 2.05) is 42.8 Å². The molecule has 0 saturated heterocycles. The Morgan fingerprint density at radius 3 is 2.69 bits per heavy atom. The molecule has 2 nitrogen and oxygen atoms in total. The van der Waals surface area contributed by atoms with Crippen molar-refractivity contribution >= 4 is 16.7 Å². The van der Waals surface area contributed by atoms with Gasteiger partial charge in [-0.05, 0) is 12.1 Å². The van der Waals surface area contributed by atoms with Gasteiger partial charge in [0.1, 0.15) is 0 Å². The normalized spacial score (nSPS) is 12.6. The van der Waals surface area contributed by atoms with E-state index in [-0.39, 0.29) is 11.8 Å². The van der Waals surface area contributed by atoms with Gasteiger partial charge in [-0.3, -0.25) is 4.79 Å². The van der Waals surface area contributed by atoms with Crippen LogP contribution in [0.5, 0.6) is 0 Å². The average molecular weight is 214 g/mol. The van der Waals surface area contributed by atoms with Crippen LogP contribution in [0.1, 0.15) is 26.3 Å². The number of rotatable bonds is 3. The second kappa shape index (κ2) is 4.44. The Morgan fingerprint density at radius 1 is 1.25 bits per heavy atom. The maximum atomic E-state index is 11.7. The first-order valence-corrected chi connectivity index (χ1v) is 5.65. The van der Waals surface area contributed by atoms with Crippen molar-refractivity contribution in [1.82, 2.24) is 0 Å². The summed E-state index contributed by atoms with van der Waals surface area (Å²) in [5.74, 6) is 0.265. The van der Waals surface area contributed by atoms with Gasteiger partial charge in [-0.25, -0.2) is 0 Å². The number of para-hydroxylation sites is 1. The van der Waals surface area contributed by atoms with Crippen LogP contribution in [0.25, 0.3) is 10.9 Å². The molecule has 0 bridgehead atoms. The van der Waals surface area contributed by atoms with E-state index < -0.39 is 0 Å². The standard InChI is InChI=1S/C14H16NO/c1-3-14(16)11(2)15-10-6-8-12-7-4-5-9-13(12)15/h4-11H,3H2,1-2H3/q+1. The average Bonchev–Trinajstić information content (AvgIpc) is 2.36. The number of benzene rings is 1. The molecule has 0 fully saturated rings. The van der Waals surface area contributed by atoms with Crippen LogP contribution in [-0.2, 0) is 4.79 Å². The predicted molar refractivity (Wildman–Crippen MR) is 64.2 cm³/mol.